The minimum absolute atomic E-state index is 0.368. The van der Waals surface area contributed by atoms with E-state index < -0.39 is 42.9 Å². The average Bonchev–Trinajstić information content (AvgIpc) is 2.82. The van der Waals surface area contributed by atoms with Gasteiger partial charge in [-0.1, -0.05) is 0 Å². The van der Waals surface area contributed by atoms with Gasteiger partial charge in [0.1, 0.15) is 24.6 Å². The van der Waals surface area contributed by atoms with E-state index in [0.717, 1.165) is 10.9 Å². The first-order valence-electron chi connectivity index (χ1n) is 5.15. The maximum absolute atomic E-state index is 10.9. The highest BCUT2D eigenvalue weighted by Gasteiger charge is 2.44. The zero-order valence-corrected chi connectivity index (χ0v) is 9.17. The highest BCUT2D eigenvalue weighted by atomic mass is 16.6. The van der Waals surface area contributed by atoms with E-state index in [0.29, 0.717) is 0 Å². The molecule has 1 fully saturated rings. The Bertz CT molecular complexity index is 461. The van der Waals surface area contributed by atoms with Crippen molar-refractivity contribution in [2.75, 3.05) is 6.61 Å². The maximum Gasteiger partial charge on any atom is 0.272 e. The third-order valence-corrected chi connectivity index (χ3v) is 2.79. The zero-order chi connectivity index (χ0) is 13.4. The quantitative estimate of drug-likeness (QED) is 0.396. The molecule has 1 saturated heterocycles. The van der Waals surface area contributed by atoms with Crippen LogP contribution in [0.25, 0.3) is 0 Å². The average molecular weight is 259 g/mol. The summed E-state index contributed by atoms with van der Waals surface area (Å²) in [5.41, 5.74) is 4.61. The summed E-state index contributed by atoms with van der Waals surface area (Å²) in [5.74, 6) is -1.50. The molecular formula is C9H13N3O6. The smallest absolute Gasteiger partial charge is 0.272 e. The molecule has 0 aromatic carbocycles. The molecule has 1 aliphatic heterocycles. The van der Waals surface area contributed by atoms with E-state index in [9.17, 15) is 20.1 Å². The molecule has 1 amide bonds. The predicted octanol–water partition coefficient (Wildman–Crippen LogP) is -2.70. The van der Waals surface area contributed by atoms with Gasteiger partial charge in [0.05, 0.1) is 6.61 Å². The van der Waals surface area contributed by atoms with Crippen LogP contribution in [0.3, 0.4) is 0 Å². The number of amides is 1. The van der Waals surface area contributed by atoms with Gasteiger partial charge in [0, 0.05) is 0 Å². The molecule has 9 heteroatoms. The van der Waals surface area contributed by atoms with E-state index in [1.165, 1.54) is 0 Å². The van der Waals surface area contributed by atoms with E-state index in [1.807, 2.05) is 0 Å². The number of imidazole rings is 1. The summed E-state index contributed by atoms with van der Waals surface area (Å²) in [5, 5.41) is 37.9. The molecule has 4 atom stereocenters. The summed E-state index contributed by atoms with van der Waals surface area (Å²) in [6.45, 7) is -0.493. The number of aromatic nitrogens is 2. The minimum atomic E-state index is -1.37. The summed E-state index contributed by atoms with van der Waals surface area (Å²) >= 11 is 0. The number of rotatable bonds is 3. The molecule has 1 aromatic heterocycles. The number of aromatic hydroxyl groups is 1. The fourth-order valence-corrected chi connectivity index (χ4v) is 1.82. The fourth-order valence-electron chi connectivity index (χ4n) is 1.82. The number of aliphatic hydroxyl groups is 3. The van der Waals surface area contributed by atoms with E-state index in [-0.39, 0.29) is 5.69 Å². The Balaban J connectivity index is 2.30. The Labute approximate surface area is 101 Å². The number of ether oxygens (including phenoxy) is 1. The second-order valence-electron chi connectivity index (χ2n) is 3.92. The molecule has 2 rings (SSSR count). The van der Waals surface area contributed by atoms with Crippen LogP contribution in [0.5, 0.6) is 5.88 Å². The van der Waals surface area contributed by atoms with E-state index in [1.54, 1.807) is 0 Å². The molecule has 0 spiro atoms. The summed E-state index contributed by atoms with van der Waals surface area (Å²) in [6, 6.07) is 0. The van der Waals surface area contributed by atoms with Crippen molar-refractivity contribution in [1.82, 2.24) is 9.55 Å². The molecule has 0 saturated carbocycles. The van der Waals surface area contributed by atoms with Gasteiger partial charge in [-0.25, -0.2) is 4.98 Å². The topological polar surface area (TPSA) is 151 Å². The predicted molar refractivity (Wildman–Crippen MR) is 55.4 cm³/mol. The van der Waals surface area contributed by atoms with Gasteiger partial charge in [0.25, 0.3) is 5.91 Å². The van der Waals surface area contributed by atoms with Crippen LogP contribution in [0.15, 0.2) is 6.33 Å². The third kappa shape index (κ3) is 1.82. The Morgan fingerprint density at radius 3 is 2.61 bits per heavy atom. The van der Waals surface area contributed by atoms with E-state index >= 15 is 0 Å². The van der Waals surface area contributed by atoms with Crippen molar-refractivity contribution >= 4 is 5.91 Å². The number of aliphatic hydroxyl groups excluding tert-OH is 3. The lowest BCUT2D eigenvalue weighted by Crippen LogP contribution is -2.33. The number of nitrogens with two attached hydrogens (primary N) is 1. The first kappa shape index (κ1) is 12.8. The van der Waals surface area contributed by atoms with Crippen molar-refractivity contribution in [1.29, 1.82) is 0 Å². The van der Waals surface area contributed by atoms with Crippen molar-refractivity contribution < 1.29 is 30.0 Å². The molecule has 6 N–H and O–H groups in total. The van der Waals surface area contributed by atoms with Crippen LogP contribution in [0.4, 0.5) is 0 Å². The van der Waals surface area contributed by atoms with Crippen molar-refractivity contribution in [2.24, 2.45) is 5.73 Å². The maximum atomic E-state index is 10.9. The van der Waals surface area contributed by atoms with Crippen LogP contribution < -0.4 is 5.73 Å². The number of hydrogen-bond acceptors (Lipinski definition) is 7. The molecule has 0 radical (unpaired) electrons. The SMILES string of the molecule is NC(=O)c1ncn([C@@H]2O[C@H](CO)[C@H](O)[C@H]2O)c1O. The highest BCUT2D eigenvalue weighted by molar-refractivity contribution is 5.92. The molecule has 9 nitrogen and oxygen atoms in total. The molecular weight excluding hydrogens is 246 g/mol. The van der Waals surface area contributed by atoms with Gasteiger partial charge < -0.3 is 30.9 Å². The fraction of sp³-hybridized carbons (Fsp3) is 0.556. The van der Waals surface area contributed by atoms with Crippen LogP contribution in [0, 0.1) is 0 Å². The first-order chi connectivity index (χ1) is 8.47. The highest BCUT2D eigenvalue weighted by Crippen LogP contribution is 2.32. The van der Waals surface area contributed by atoms with Crippen molar-refractivity contribution in [2.45, 2.75) is 24.5 Å². The molecule has 2 heterocycles. The lowest BCUT2D eigenvalue weighted by Gasteiger charge is -2.16. The number of nitrogens with zero attached hydrogens (tertiary/aromatic N) is 2. The van der Waals surface area contributed by atoms with Gasteiger partial charge in [-0.3, -0.25) is 9.36 Å². The summed E-state index contributed by atoms with van der Waals surface area (Å²) in [4.78, 5) is 14.5. The van der Waals surface area contributed by atoms with E-state index in [4.69, 9.17) is 15.6 Å². The van der Waals surface area contributed by atoms with Crippen LogP contribution in [-0.2, 0) is 4.74 Å². The van der Waals surface area contributed by atoms with Crippen molar-refractivity contribution in [3.8, 4) is 5.88 Å². The van der Waals surface area contributed by atoms with Gasteiger partial charge in [0.15, 0.2) is 11.9 Å². The molecule has 0 aliphatic carbocycles. The monoisotopic (exact) mass is 259 g/mol. The molecule has 18 heavy (non-hydrogen) atoms. The lowest BCUT2D eigenvalue weighted by atomic mass is 10.1. The van der Waals surface area contributed by atoms with Gasteiger partial charge in [-0.2, -0.15) is 0 Å². The molecule has 1 aliphatic rings. The van der Waals surface area contributed by atoms with Crippen LogP contribution in [0.2, 0.25) is 0 Å². The van der Waals surface area contributed by atoms with Gasteiger partial charge in [-0.15, -0.1) is 0 Å². The molecule has 100 valence electrons. The summed E-state index contributed by atoms with van der Waals surface area (Å²) in [7, 11) is 0. The largest absolute Gasteiger partial charge is 0.493 e. The number of carbonyl (C=O) groups is 1. The molecule has 0 unspecified atom stereocenters. The minimum Gasteiger partial charge on any atom is -0.493 e. The van der Waals surface area contributed by atoms with Crippen LogP contribution in [-0.4, -0.2) is 60.8 Å². The normalized spacial score (nSPS) is 31.7. The van der Waals surface area contributed by atoms with Gasteiger partial charge >= 0.3 is 0 Å². The summed E-state index contributed by atoms with van der Waals surface area (Å²) in [6.07, 6.45) is -3.76. The number of hydrogen-bond donors (Lipinski definition) is 5. The van der Waals surface area contributed by atoms with E-state index in [2.05, 4.69) is 4.98 Å². The molecule has 0 bridgehead atoms. The standard InChI is InChI=1S/C9H13N3O6/c10-7(16)4-8(17)12(2-11-4)9-6(15)5(14)3(1-13)18-9/h2-3,5-6,9,13-15,17H,1H2,(H2,10,16)/t3-,5+,6-,9-/m1/s1. The number of primary amides is 1. The van der Waals surface area contributed by atoms with Gasteiger partial charge in [-0.05, 0) is 0 Å². The van der Waals surface area contributed by atoms with Crippen molar-refractivity contribution in [3.05, 3.63) is 12.0 Å². The Hall–Kier alpha value is -1.68. The Morgan fingerprint density at radius 2 is 2.17 bits per heavy atom. The lowest BCUT2D eigenvalue weighted by molar-refractivity contribution is -0.0553. The zero-order valence-electron chi connectivity index (χ0n) is 9.17. The second-order valence-corrected chi connectivity index (χ2v) is 3.92. The van der Waals surface area contributed by atoms with Crippen LogP contribution >= 0.6 is 0 Å². The Kier molecular flexibility index (Phi) is 3.22. The Morgan fingerprint density at radius 1 is 1.50 bits per heavy atom. The van der Waals surface area contributed by atoms with Gasteiger partial charge in [0.2, 0.25) is 5.88 Å². The first-order valence-corrected chi connectivity index (χ1v) is 5.15. The summed E-state index contributed by atoms with van der Waals surface area (Å²) < 4.78 is 6.12. The molecule has 1 aromatic rings. The van der Waals surface area contributed by atoms with Crippen molar-refractivity contribution in [3.63, 3.8) is 0 Å². The third-order valence-electron chi connectivity index (χ3n) is 2.79. The number of carbonyl (C=O) groups excluding carboxylic acids is 1. The second kappa shape index (κ2) is 4.53. The van der Waals surface area contributed by atoms with Crippen LogP contribution in [0.1, 0.15) is 16.7 Å².